The maximum Gasteiger partial charge on any atom is 0.331 e. The molecule has 1 unspecified atom stereocenters. The summed E-state index contributed by atoms with van der Waals surface area (Å²) in [7, 11) is 1.33. The molecular formula is C16H21NO4. The number of ether oxygens (including phenoxy) is 2. The lowest BCUT2D eigenvalue weighted by atomic mass is 9.95. The molecule has 0 aliphatic carbocycles. The smallest absolute Gasteiger partial charge is 0.331 e. The first-order chi connectivity index (χ1) is 10.00. The number of nitrogens with one attached hydrogen (secondary N) is 1. The van der Waals surface area contributed by atoms with Crippen molar-refractivity contribution < 1.29 is 19.1 Å². The third-order valence-corrected chi connectivity index (χ3v) is 3.73. The van der Waals surface area contributed by atoms with Crippen molar-refractivity contribution in [3.8, 4) is 5.75 Å². The normalized spacial score (nSPS) is 15.6. The third-order valence-electron chi connectivity index (χ3n) is 3.73. The SMILES string of the molecule is CCCC(C)(NC(=O)c1ccc2c(c1)CCO2)C(=O)OC. The fourth-order valence-electron chi connectivity index (χ4n) is 2.59. The van der Waals surface area contributed by atoms with Crippen LogP contribution in [0.3, 0.4) is 0 Å². The van der Waals surface area contributed by atoms with Crippen molar-refractivity contribution in [1.29, 1.82) is 0 Å². The van der Waals surface area contributed by atoms with E-state index in [0.717, 1.165) is 24.2 Å². The van der Waals surface area contributed by atoms with E-state index >= 15 is 0 Å². The standard InChI is InChI=1S/C16H21NO4/c1-4-8-16(2,15(19)20-3)17-14(18)12-5-6-13-11(10-12)7-9-21-13/h5-6,10H,4,7-9H2,1-3H3,(H,17,18). The molecule has 114 valence electrons. The van der Waals surface area contributed by atoms with Crippen LogP contribution in [0.4, 0.5) is 0 Å². The highest BCUT2D eigenvalue weighted by molar-refractivity contribution is 5.98. The molecule has 1 N–H and O–H groups in total. The fourth-order valence-corrected chi connectivity index (χ4v) is 2.59. The van der Waals surface area contributed by atoms with Gasteiger partial charge in [0.25, 0.3) is 5.91 Å². The van der Waals surface area contributed by atoms with Crippen LogP contribution >= 0.6 is 0 Å². The summed E-state index contributed by atoms with van der Waals surface area (Å²) in [4.78, 5) is 24.3. The van der Waals surface area contributed by atoms with Crippen LogP contribution in [-0.2, 0) is 16.0 Å². The zero-order valence-electron chi connectivity index (χ0n) is 12.7. The minimum absolute atomic E-state index is 0.272. The lowest BCUT2D eigenvalue weighted by molar-refractivity contribution is -0.147. The Labute approximate surface area is 124 Å². The Morgan fingerprint density at radius 2 is 2.19 bits per heavy atom. The summed E-state index contributed by atoms with van der Waals surface area (Å²) < 4.78 is 10.2. The number of rotatable bonds is 5. The first-order valence-corrected chi connectivity index (χ1v) is 7.17. The molecule has 0 saturated heterocycles. The largest absolute Gasteiger partial charge is 0.493 e. The first-order valence-electron chi connectivity index (χ1n) is 7.17. The predicted molar refractivity (Wildman–Crippen MR) is 78.4 cm³/mol. The number of carbonyl (C=O) groups is 2. The molecule has 0 spiro atoms. The molecule has 1 aliphatic heterocycles. The van der Waals surface area contributed by atoms with Gasteiger partial charge in [-0.25, -0.2) is 4.79 Å². The van der Waals surface area contributed by atoms with Crippen molar-refractivity contribution in [1.82, 2.24) is 5.32 Å². The lowest BCUT2D eigenvalue weighted by Gasteiger charge is -2.27. The zero-order chi connectivity index (χ0) is 15.5. The van der Waals surface area contributed by atoms with E-state index in [1.54, 1.807) is 19.1 Å². The van der Waals surface area contributed by atoms with E-state index in [1.807, 2.05) is 13.0 Å². The Balaban J connectivity index is 2.17. The van der Waals surface area contributed by atoms with Crippen LogP contribution in [0, 0.1) is 0 Å². The lowest BCUT2D eigenvalue weighted by Crippen LogP contribution is -2.52. The maximum atomic E-state index is 12.4. The molecule has 2 rings (SSSR count). The molecule has 5 nitrogen and oxygen atoms in total. The Hall–Kier alpha value is -2.04. The summed E-state index contributed by atoms with van der Waals surface area (Å²) >= 11 is 0. The molecule has 1 atom stereocenters. The van der Waals surface area contributed by atoms with Gasteiger partial charge >= 0.3 is 5.97 Å². The van der Waals surface area contributed by atoms with Crippen molar-refractivity contribution in [2.45, 2.75) is 38.6 Å². The second-order valence-electron chi connectivity index (χ2n) is 5.45. The number of hydrogen-bond acceptors (Lipinski definition) is 4. The molecule has 0 saturated carbocycles. The minimum atomic E-state index is -1.00. The molecule has 0 radical (unpaired) electrons. The Morgan fingerprint density at radius 1 is 1.43 bits per heavy atom. The van der Waals surface area contributed by atoms with E-state index in [0.29, 0.717) is 18.6 Å². The van der Waals surface area contributed by atoms with Crippen LogP contribution in [0.15, 0.2) is 18.2 Å². The first kappa shape index (κ1) is 15.4. The van der Waals surface area contributed by atoms with Crippen molar-refractivity contribution in [2.24, 2.45) is 0 Å². The van der Waals surface area contributed by atoms with E-state index in [9.17, 15) is 9.59 Å². The predicted octanol–water partition coefficient (Wildman–Crippen LogP) is 2.08. The number of benzene rings is 1. The summed E-state index contributed by atoms with van der Waals surface area (Å²) in [6.07, 6.45) is 2.10. The Bertz CT molecular complexity index is 555. The highest BCUT2D eigenvalue weighted by atomic mass is 16.5. The van der Waals surface area contributed by atoms with Gasteiger partial charge in [0.1, 0.15) is 11.3 Å². The molecule has 0 bridgehead atoms. The van der Waals surface area contributed by atoms with E-state index in [4.69, 9.17) is 9.47 Å². The van der Waals surface area contributed by atoms with Crippen LogP contribution in [0.2, 0.25) is 0 Å². The van der Waals surface area contributed by atoms with Crippen LogP contribution in [0.1, 0.15) is 42.6 Å². The number of amides is 1. The number of fused-ring (bicyclic) bond motifs is 1. The summed E-state index contributed by atoms with van der Waals surface area (Å²) in [5.41, 5.74) is 0.555. The molecular weight excluding hydrogens is 270 g/mol. The van der Waals surface area contributed by atoms with Crippen LogP contribution < -0.4 is 10.1 Å². The maximum absolute atomic E-state index is 12.4. The number of esters is 1. The molecule has 0 fully saturated rings. The quantitative estimate of drug-likeness (QED) is 0.844. The van der Waals surface area contributed by atoms with Gasteiger partial charge < -0.3 is 14.8 Å². The molecule has 21 heavy (non-hydrogen) atoms. The average molecular weight is 291 g/mol. The molecule has 5 heteroatoms. The van der Waals surface area contributed by atoms with Gasteiger partial charge in [-0.15, -0.1) is 0 Å². The monoisotopic (exact) mass is 291 g/mol. The highest BCUT2D eigenvalue weighted by Gasteiger charge is 2.35. The Morgan fingerprint density at radius 3 is 2.86 bits per heavy atom. The number of carbonyl (C=O) groups excluding carboxylic acids is 2. The van der Waals surface area contributed by atoms with Gasteiger partial charge in [-0.05, 0) is 37.1 Å². The van der Waals surface area contributed by atoms with Crippen LogP contribution in [0.5, 0.6) is 5.75 Å². The van der Waals surface area contributed by atoms with E-state index in [1.165, 1.54) is 7.11 Å². The summed E-state index contributed by atoms with van der Waals surface area (Å²) in [6, 6.07) is 5.33. The van der Waals surface area contributed by atoms with Gasteiger partial charge in [-0.1, -0.05) is 13.3 Å². The molecule has 1 aliphatic rings. The Kier molecular flexibility index (Phi) is 4.50. The van der Waals surface area contributed by atoms with Crippen LogP contribution in [0.25, 0.3) is 0 Å². The second-order valence-corrected chi connectivity index (χ2v) is 5.45. The number of hydrogen-bond donors (Lipinski definition) is 1. The van der Waals surface area contributed by atoms with E-state index < -0.39 is 11.5 Å². The van der Waals surface area contributed by atoms with E-state index in [2.05, 4.69) is 5.32 Å². The molecule has 1 heterocycles. The third kappa shape index (κ3) is 3.17. The highest BCUT2D eigenvalue weighted by Crippen LogP contribution is 2.26. The number of methoxy groups -OCH3 is 1. The van der Waals surface area contributed by atoms with Gasteiger partial charge in [0.15, 0.2) is 0 Å². The molecule has 0 aromatic heterocycles. The fraction of sp³-hybridized carbons (Fsp3) is 0.500. The topological polar surface area (TPSA) is 64.6 Å². The van der Waals surface area contributed by atoms with Crippen molar-refractivity contribution in [2.75, 3.05) is 13.7 Å². The van der Waals surface area contributed by atoms with Gasteiger partial charge in [0.2, 0.25) is 0 Å². The van der Waals surface area contributed by atoms with Crippen molar-refractivity contribution in [3.63, 3.8) is 0 Å². The summed E-state index contributed by atoms with van der Waals surface area (Å²) in [5, 5.41) is 2.80. The minimum Gasteiger partial charge on any atom is -0.493 e. The van der Waals surface area contributed by atoms with Crippen molar-refractivity contribution >= 4 is 11.9 Å². The molecule has 1 aromatic rings. The molecule has 1 aromatic carbocycles. The molecule has 1 amide bonds. The average Bonchev–Trinajstić information content (AvgIpc) is 2.93. The zero-order valence-corrected chi connectivity index (χ0v) is 12.7. The van der Waals surface area contributed by atoms with E-state index in [-0.39, 0.29) is 5.91 Å². The van der Waals surface area contributed by atoms with Crippen molar-refractivity contribution in [3.05, 3.63) is 29.3 Å². The van der Waals surface area contributed by atoms with Crippen LogP contribution in [-0.4, -0.2) is 31.1 Å². The summed E-state index contributed by atoms with van der Waals surface area (Å²) in [5.74, 6) is 0.129. The van der Waals surface area contributed by atoms with Gasteiger partial charge in [0, 0.05) is 12.0 Å². The summed E-state index contributed by atoms with van der Waals surface area (Å²) in [6.45, 7) is 4.30. The van der Waals surface area contributed by atoms with Gasteiger partial charge in [0.05, 0.1) is 13.7 Å². The van der Waals surface area contributed by atoms with Gasteiger partial charge in [-0.2, -0.15) is 0 Å². The van der Waals surface area contributed by atoms with Gasteiger partial charge in [-0.3, -0.25) is 4.79 Å². The second kappa shape index (κ2) is 6.16.